The molecule has 0 radical (unpaired) electrons. The maximum Gasteiger partial charge on any atom is 0.00485 e. The molecule has 0 saturated carbocycles. The Morgan fingerprint density at radius 2 is 1.53 bits per heavy atom. The van der Waals surface area contributed by atoms with E-state index in [0.717, 1.165) is 19.4 Å². The number of hydrogen-bond donors (Lipinski definition) is 1. The zero-order valence-electron chi connectivity index (χ0n) is 8.56. The van der Waals surface area contributed by atoms with Gasteiger partial charge in [-0.3, -0.25) is 0 Å². The van der Waals surface area contributed by atoms with Gasteiger partial charge in [0.15, 0.2) is 0 Å². The predicted molar refractivity (Wildman–Crippen MR) is 68.6 cm³/mol. The first-order valence-electron chi connectivity index (χ1n) is 5.13. The Morgan fingerprint density at radius 1 is 1.00 bits per heavy atom. The molecule has 2 N–H and O–H groups in total. The van der Waals surface area contributed by atoms with Crippen LogP contribution in [-0.2, 0) is 12.8 Å². The average molecular weight is 237 g/mol. The standard InChI is InChI=1S/C12H15NS2/c13-9-10(7-11-3-1-5-14-11)8-12-4-2-6-15-12/h1-6,10H,7-9,13H2. The van der Waals surface area contributed by atoms with E-state index in [0.29, 0.717) is 5.92 Å². The van der Waals surface area contributed by atoms with E-state index in [1.165, 1.54) is 9.75 Å². The van der Waals surface area contributed by atoms with Crippen molar-refractivity contribution in [2.24, 2.45) is 11.7 Å². The molecule has 0 unspecified atom stereocenters. The first-order chi connectivity index (χ1) is 7.38. The number of nitrogens with two attached hydrogens (primary N) is 1. The molecule has 15 heavy (non-hydrogen) atoms. The summed E-state index contributed by atoms with van der Waals surface area (Å²) < 4.78 is 0. The molecule has 0 saturated heterocycles. The first kappa shape index (κ1) is 10.9. The summed E-state index contributed by atoms with van der Waals surface area (Å²) in [6, 6.07) is 8.61. The Labute approximate surface area is 98.6 Å². The summed E-state index contributed by atoms with van der Waals surface area (Å²) in [6.07, 6.45) is 2.23. The molecule has 0 bridgehead atoms. The maximum atomic E-state index is 5.82. The summed E-state index contributed by atoms with van der Waals surface area (Å²) in [5.41, 5.74) is 5.82. The van der Waals surface area contributed by atoms with E-state index < -0.39 is 0 Å². The number of thiophene rings is 2. The lowest BCUT2D eigenvalue weighted by Crippen LogP contribution is -2.18. The second kappa shape index (κ2) is 5.45. The van der Waals surface area contributed by atoms with Crippen LogP contribution in [0.25, 0.3) is 0 Å². The topological polar surface area (TPSA) is 26.0 Å². The molecular weight excluding hydrogens is 222 g/mol. The van der Waals surface area contributed by atoms with Crippen molar-refractivity contribution in [2.45, 2.75) is 12.8 Å². The van der Waals surface area contributed by atoms with Crippen LogP contribution < -0.4 is 5.73 Å². The Bertz CT molecular complexity index is 328. The summed E-state index contributed by atoms with van der Waals surface area (Å²) >= 11 is 3.65. The normalized spacial score (nSPS) is 11.1. The minimum absolute atomic E-state index is 0.585. The van der Waals surface area contributed by atoms with Gasteiger partial charge in [-0.15, -0.1) is 22.7 Å². The lowest BCUT2D eigenvalue weighted by atomic mass is 10.00. The molecule has 0 atom stereocenters. The highest BCUT2D eigenvalue weighted by atomic mass is 32.1. The number of rotatable bonds is 5. The van der Waals surface area contributed by atoms with Crippen molar-refractivity contribution in [3.8, 4) is 0 Å². The molecule has 0 spiro atoms. The fourth-order valence-electron chi connectivity index (χ4n) is 1.67. The van der Waals surface area contributed by atoms with Crippen LogP contribution in [0.1, 0.15) is 9.75 Å². The van der Waals surface area contributed by atoms with Gasteiger partial charge in [-0.05, 0) is 48.2 Å². The molecule has 2 rings (SSSR count). The molecule has 2 aromatic rings. The molecule has 1 nitrogen and oxygen atoms in total. The van der Waals surface area contributed by atoms with Gasteiger partial charge in [0.2, 0.25) is 0 Å². The quantitative estimate of drug-likeness (QED) is 0.849. The molecule has 0 aliphatic heterocycles. The van der Waals surface area contributed by atoms with Crippen LogP contribution in [-0.4, -0.2) is 6.54 Å². The lowest BCUT2D eigenvalue weighted by molar-refractivity contribution is 0.542. The molecule has 3 heteroatoms. The second-order valence-electron chi connectivity index (χ2n) is 3.67. The van der Waals surface area contributed by atoms with E-state index in [1.54, 1.807) is 0 Å². The lowest BCUT2D eigenvalue weighted by Gasteiger charge is -2.12. The molecule has 0 aliphatic rings. The zero-order chi connectivity index (χ0) is 10.5. The molecule has 0 aromatic carbocycles. The van der Waals surface area contributed by atoms with E-state index in [4.69, 9.17) is 5.73 Å². The molecule has 2 heterocycles. The molecule has 0 fully saturated rings. The zero-order valence-corrected chi connectivity index (χ0v) is 10.2. The minimum atomic E-state index is 0.585. The maximum absolute atomic E-state index is 5.82. The van der Waals surface area contributed by atoms with Crippen LogP contribution >= 0.6 is 22.7 Å². The van der Waals surface area contributed by atoms with Gasteiger partial charge >= 0.3 is 0 Å². The van der Waals surface area contributed by atoms with Crippen molar-refractivity contribution in [1.29, 1.82) is 0 Å². The fourth-order valence-corrected chi connectivity index (χ4v) is 3.31. The number of hydrogen-bond acceptors (Lipinski definition) is 3. The van der Waals surface area contributed by atoms with E-state index in [1.807, 2.05) is 22.7 Å². The van der Waals surface area contributed by atoms with Crippen molar-refractivity contribution in [3.05, 3.63) is 44.8 Å². The summed E-state index contributed by atoms with van der Waals surface area (Å²) in [6.45, 7) is 0.774. The van der Waals surface area contributed by atoms with Crippen molar-refractivity contribution in [3.63, 3.8) is 0 Å². The third-order valence-electron chi connectivity index (χ3n) is 2.47. The van der Waals surface area contributed by atoms with Gasteiger partial charge < -0.3 is 5.73 Å². The van der Waals surface area contributed by atoms with Gasteiger partial charge in [-0.2, -0.15) is 0 Å². The highest BCUT2D eigenvalue weighted by molar-refractivity contribution is 7.10. The van der Waals surface area contributed by atoms with E-state index in [2.05, 4.69) is 35.0 Å². The van der Waals surface area contributed by atoms with Gasteiger partial charge in [-0.1, -0.05) is 12.1 Å². The molecular formula is C12H15NS2. The average Bonchev–Trinajstić information content (AvgIpc) is 2.89. The molecule has 0 aliphatic carbocycles. The summed E-state index contributed by atoms with van der Waals surface area (Å²) in [5, 5.41) is 4.27. The van der Waals surface area contributed by atoms with E-state index >= 15 is 0 Å². The van der Waals surface area contributed by atoms with Crippen LogP contribution in [0.4, 0.5) is 0 Å². The largest absolute Gasteiger partial charge is 0.330 e. The smallest absolute Gasteiger partial charge is 0.00485 e. The van der Waals surface area contributed by atoms with E-state index in [9.17, 15) is 0 Å². The first-order valence-corrected chi connectivity index (χ1v) is 6.89. The third kappa shape index (κ3) is 3.16. The SMILES string of the molecule is NCC(Cc1cccs1)Cc1cccs1. The summed E-state index contributed by atoms with van der Waals surface area (Å²) in [4.78, 5) is 2.89. The Hall–Kier alpha value is -0.640. The van der Waals surface area contributed by atoms with Crippen molar-refractivity contribution in [1.82, 2.24) is 0 Å². The van der Waals surface area contributed by atoms with Gasteiger partial charge in [0.1, 0.15) is 0 Å². The van der Waals surface area contributed by atoms with Crippen LogP contribution in [0.3, 0.4) is 0 Å². The van der Waals surface area contributed by atoms with Crippen LogP contribution in [0.15, 0.2) is 35.0 Å². The van der Waals surface area contributed by atoms with Crippen LogP contribution in [0.5, 0.6) is 0 Å². The van der Waals surface area contributed by atoms with Gasteiger partial charge in [0.05, 0.1) is 0 Å². The van der Waals surface area contributed by atoms with Crippen molar-refractivity contribution in [2.75, 3.05) is 6.54 Å². The fraction of sp³-hybridized carbons (Fsp3) is 0.333. The Morgan fingerprint density at radius 3 is 1.87 bits per heavy atom. The molecule has 2 aromatic heterocycles. The van der Waals surface area contributed by atoms with Gasteiger partial charge in [0, 0.05) is 9.75 Å². The highest BCUT2D eigenvalue weighted by Gasteiger charge is 2.10. The Kier molecular flexibility index (Phi) is 3.94. The van der Waals surface area contributed by atoms with Gasteiger partial charge in [-0.25, -0.2) is 0 Å². The van der Waals surface area contributed by atoms with E-state index in [-0.39, 0.29) is 0 Å². The molecule has 0 amide bonds. The highest BCUT2D eigenvalue weighted by Crippen LogP contribution is 2.19. The summed E-state index contributed by atoms with van der Waals surface area (Å²) in [5.74, 6) is 0.585. The Balaban J connectivity index is 1.93. The van der Waals surface area contributed by atoms with Gasteiger partial charge in [0.25, 0.3) is 0 Å². The predicted octanol–water partition coefficient (Wildman–Crippen LogP) is 3.17. The van der Waals surface area contributed by atoms with Crippen LogP contribution in [0, 0.1) is 5.92 Å². The third-order valence-corrected chi connectivity index (χ3v) is 4.27. The van der Waals surface area contributed by atoms with Crippen LogP contribution in [0.2, 0.25) is 0 Å². The monoisotopic (exact) mass is 237 g/mol. The summed E-state index contributed by atoms with van der Waals surface area (Å²) in [7, 11) is 0. The van der Waals surface area contributed by atoms with Crippen molar-refractivity contribution >= 4 is 22.7 Å². The minimum Gasteiger partial charge on any atom is -0.330 e. The molecule has 80 valence electrons. The van der Waals surface area contributed by atoms with Crippen molar-refractivity contribution < 1.29 is 0 Å². The second-order valence-corrected chi connectivity index (χ2v) is 5.73.